The van der Waals surface area contributed by atoms with Crippen molar-refractivity contribution in [3.8, 4) is 0 Å². The van der Waals surface area contributed by atoms with Crippen LogP contribution in [0.4, 0.5) is 5.13 Å². The van der Waals surface area contributed by atoms with Gasteiger partial charge in [-0.15, -0.1) is 0 Å². The summed E-state index contributed by atoms with van der Waals surface area (Å²) in [5, 5.41) is 12.1. The van der Waals surface area contributed by atoms with E-state index >= 15 is 0 Å². The van der Waals surface area contributed by atoms with Crippen LogP contribution in [0.25, 0.3) is 10.2 Å². The lowest BCUT2D eigenvalue weighted by atomic mass is 10.2. The molecule has 0 bridgehead atoms. The van der Waals surface area contributed by atoms with Gasteiger partial charge in [-0.25, -0.2) is 9.78 Å². The molecule has 3 rings (SSSR count). The number of rotatable bonds is 3. The van der Waals surface area contributed by atoms with E-state index in [4.69, 9.17) is 5.11 Å². The van der Waals surface area contributed by atoms with Crippen molar-refractivity contribution in [2.75, 3.05) is 5.32 Å². The van der Waals surface area contributed by atoms with E-state index < -0.39 is 5.97 Å². The number of pyridine rings is 1. The molecule has 2 aromatic heterocycles. The molecular weight excluding hydrogens is 290 g/mol. The van der Waals surface area contributed by atoms with Gasteiger partial charge in [-0.3, -0.25) is 15.1 Å². The summed E-state index contributed by atoms with van der Waals surface area (Å²) in [6.07, 6.45) is 3.07. The first-order chi connectivity index (χ1) is 10.1. The molecule has 1 amide bonds. The SMILES string of the molecule is O=C(O)c1ccc2sc(NC(=O)c3ccncc3)nc2c1. The van der Waals surface area contributed by atoms with Gasteiger partial charge in [-0.1, -0.05) is 11.3 Å². The average molecular weight is 299 g/mol. The number of nitrogens with zero attached hydrogens (tertiary/aromatic N) is 2. The van der Waals surface area contributed by atoms with E-state index in [1.807, 2.05) is 0 Å². The van der Waals surface area contributed by atoms with E-state index in [0.717, 1.165) is 4.70 Å². The predicted molar refractivity (Wildman–Crippen MR) is 78.8 cm³/mol. The van der Waals surface area contributed by atoms with Crippen LogP contribution in [0.2, 0.25) is 0 Å². The number of nitrogens with one attached hydrogen (secondary N) is 1. The molecule has 0 fully saturated rings. The van der Waals surface area contributed by atoms with E-state index in [9.17, 15) is 9.59 Å². The fourth-order valence-electron chi connectivity index (χ4n) is 1.79. The lowest BCUT2D eigenvalue weighted by Crippen LogP contribution is -2.11. The molecule has 7 heteroatoms. The molecule has 0 radical (unpaired) electrons. The number of hydrogen-bond acceptors (Lipinski definition) is 5. The third-order valence-corrected chi connectivity index (χ3v) is 3.75. The molecule has 104 valence electrons. The van der Waals surface area contributed by atoms with Crippen LogP contribution in [0.1, 0.15) is 20.7 Å². The third-order valence-electron chi connectivity index (χ3n) is 2.80. The van der Waals surface area contributed by atoms with E-state index in [1.165, 1.54) is 35.9 Å². The largest absolute Gasteiger partial charge is 0.478 e. The van der Waals surface area contributed by atoms with Gasteiger partial charge < -0.3 is 5.11 Å². The summed E-state index contributed by atoms with van der Waals surface area (Å²) in [6.45, 7) is 0. The van der Waals surface area contributed by atoms with Crippen LogP contribution in [0.15, 0.2) is 42.7 Å². The minimum atomic E-state index is -1.01. The van der Waals surface area contributed by atoms with Crippen LogP contribution in [0.3, 0.4) is 0 Å². The number of carbonyl (C=O) groups excluding carboxylic acids is 1. The second-order valence-corrected chi connectivity index (χ2v) is 5.23. The normalized spacial score (nSPS) is 10.5. The van der Waals surface area contributed by atoms with Crippen LogP contribution < -0.4 is 5.32 Å². The van der Waals surface area contributed by atoms with Crippen molar-refractivity contribution in [1.82, 2.24) is 9.97 Å². The zero-order chi connectivity index (χ0) is 14.8. The Balaban J connectivity index is 1.88. The fraction of sp³-hybridized carbons (Fsp3) is 0. The summed E-state index contributed by atoms with van der Waals surface area (Å²) >= 11 is 1.29. The van der Waals surface area contributed by atoms with Gasteiger partial charge in [-0.2, -0.15) is 0 Å². The summed E-state index contributed by atoms with van der Waals surface area (Å²) < 4.78 is 0.810. The van der Waals surface area contributed by atoms with Crippen LogP contribution in [-0.4, -0.2) is 27.0 Å². The van der Waals surface area contributed by atoms with Crippen molar-refractivity contribution in [2.24, 2.45) is 0 Å². The molecule has 0 aliphatic heterocycles. The van der Waals surface area contributed by atoms with Crippen molar-refractivity contribution in [1.29, 1.82) is 0 Å². The molecule has 6 nitrogen and oxygen atoms in total. The topological polar surface area (TPSA) is 92.2 Å². The maximum atomic E-state index is 12.0. The Labute approximate surface area is 123 Å². The molecule has 0 atom stereocenters. The summed E-state index contributed by atoms with van der Waals surface area (Å²) in [5.41, 5.74) is 1.19. The number of thiazole rings is 1. The highest BCUT2D eigenvalue weighted by Gasteiger charge is 2.11. The van der Waals surface area contributed by atoms with Crippen LogP contribution in [0, 0.1) is 0 Å². The second kappa shape index (κ2) is 5.29. The van der Waals surface area contributed by atoms with Crippen molar-refractivity contribution in [2.45, 2.75) is 0 Å². The highest BCUT2D eigenvalue weighted by Crippen LogP contribution is 2.27. The van der Waals surface area contributed by atoms with Crippen molar-refractivity contribution in [3.05, 3.63) is 53.9 Å². The van der Waals surface area contributed by atoms with Gasteiger partial charge in [-0.05, 0) is 30.3 Å². The number of carbonyl (C=O) groups is 2. The first-order valence-electron chi connectivity index (χ1n) is 5.99. The van der Waals surface area contributed by atoms with Crippen molar-refractivity contribution < 1.29 is 14.7 Å². The van der Waals surface area contributed by atoms with Gasteiger partial charge in [0.25, 0.3) is 5.91 Å². The monoisotopic (exact) mass is 299 g/mol. The number of fused-ring (bicyclic) bond motifs is 1. The quantitative estimate of drug-likeness (QED) is 0.775. The Morgan fingerprint density at radius 3 is 2.57 bits per heavy atom. The maximum Gasteiger partial charge on any atom is 0.335 e. The van der Waals surface area contributed by atoms with Gasteiger partial charge in [0.15, 0.2) is 5.13 Å². The van der Waals surface area contributed by atoms with Gasteiger partial charge in [0.05, 0.1) is 15.8 Å². The average Bonchev–Trinajstić information content (AvgIpc) is 2.89. The lowest BCUT2D eigenvalue weighted by molar-refractivity contribution is 0.0697. The fourth-order valence-corrected chi connectivity index (χ4v) is 2.63. The van der Waals surface area contributed by atoms with Gasteiger partial charge in [0.2, 0.25) is 0 Å². The smallest absolute Gasteiger partial charge is 0.335 e. The Morgan fingerprint density at radius 1 is 1.10 bits per heavy atom. The molecule has 2 N–H and O–H groups in total. The Hall–Kier alpha value is -2.80. The Kier molecular flexibility index (Phi) is 3.33. The molecule has 0 unspecified atom stereocenters. The molecule has 0 saturated carbocycles. The first kappa shape index (κ1) is 13.2. The standard InChI is InChI=1S/C14H9N3O3S/c18-12(8-3-5-15-6-4-8)17-14-16-10-7-9(13(19)20)1-2-11(10)21-14/h1-7H,(H,19,20)(H,16,17,18). The number of anilines is 1. The van der Waals surface area contributed by atoms with E-state index in [0.29, 0.717) is 16.2 Å². The summed E-state index contributed by atoms with van der Waals surface area (Å²) in [4.78, 5) is 31.0. The number of carboxylic acids is 1. The van der Waals surface area contributed by atoms with Crippen molar-refractivity contribution in [3.63, 3.8) is 0 Å². The molecule has 0 aliphatic rings. The molecule has 21 heavy (non-hydrogen) atoms. The molecule has 0 spiro atoms. The highest BCUT2D eigenvalue weighted by molar-refractivity contribution is 7.22. The molecule has 0 saturated heterocycles. The Bertz CT molecular complexity index is 830. The summed E-state index contributed by atoms with van der Waals surface area (Å²) in [5.74, 6) is -1.29. The molecule has 3 aromatic rings. The van der Waals surface area contributed by atoms with Gasteiger partial charge in [0.1, 0.15) is 0 Å². The van der Waals surface area contributed by atoms with Gasteiger partial charge in [0, 0.05) is 18.0 Å². The zero-order valence-corrected chi connectivity index (χ0v) is 11.4. The highest BCUT2D eigenvalue weighted by atomic mass is 32.1. The van der Waals surface area contributed by atoms with Crippen LogP contribution in [-0.2, 0) is 0 Å². The number of benzene rings is 1. The van der Waals surface area contributed by atoms with Crippen LogP contribution >= 0.6 is 11.3 Å². The molecule has 0 aliphatic carbocycles. The second-order valence-electron chi connectivity index (χ2n) is 4.20. The minimum Gasteiger partial charge on any atom is -0.478 e. The maximum absolute atomic E-state index is 12.0. The molecule has 2 heterocycles. The number of aromatic nitrogens is 2. The number of aromatic carboxylic acids is 1. The molecular formula is C14H9N3O3S. The van der Waals surface area contributed by atoms with Crippen molar-refractivity contribution >= 4 is 38.6 Å². The van der Waals surface area contributed by atoms with Gasteiger partial charge >= 0.3 is 5.97 Å². The Morgan fingerprint density at radius 2 is 1.86 bits per heavy atom. The number of carboxylic acid groups (broad SMARTS) is 1. The van der Waals surface area contributed by atoms with Crippen LogP contribution in [0.5, 0.6) is 0 Å². The minimum absolute atomic E-state index is 0.166. The third kappa shape index (κ3) is 2.72. The first-order valence-corrected chi connectivity index (χ1v) is 6.80. The number of amides is 1. The predicted octanol–water partition coefficient (Wildman–Crippen LogP) is 2.64. The van der Waals surface area contributed by atoms with E-state index in [2.05, 4.69) is 15.3 Å². The zero-order valence-electron chi connectivity index (χ0n) is 10.6. The number of hydrogen-bond donors (Lipinski definition) is 2. The van der Waals surface area contributed by atoms with E-state index in [1.54, 1.807) is 18.2 Å². The molecule has 1 aromatic carbocycles. The lowest BCUT2D eigenvalue weighted by Gasteiger charge is -1.99. The van der Waals surface area contributed by atoms with E-state index in [-0.39, 0.29) is 11.5 Å². The summed E-state index contributed by atoms with van der Waals surface area (Å²) in [6, 6.07) is 7.88. The summed E-state index contributed by atoms with van der Waals surface area (Å²) in [7, 11) is 0.